The van der Waals surface area contributed by atoms with Crippen LogP contribution in [0.15, 0.2) is 18.2 Å². The number of likely N-dealkylation sites (N-methyl/N-ethyl adjacent to an activating group) is 2. The van der Waals surface area contributed by atoms with Crippen molar-refractivity contribution >= 4 is 11.4 Å². The molecule has 1 saturated heterocycles. The lowest BCUT2D eigenvalue weighted by molar-refractivity contribution is 0.122. The molecule has 0 aromatic heterocycles. The van der Waals surface area contributed by atoms with E-state index < -0.39 is 0 Å². The zero-order chi connectivity index (χ0) is 13.1. The number of para-hydroxylation sites is 1. The highest BCUT2D eigenvalue weighted by atomic mass is 15.3. The van der Waals surface area contributed by atoms with Crippen LogP contribution in [0.5, 0.6) is 0 Å². The van der Waals surface area contributed by atoms with E-state index in [1.807, 2.05) is 12.1 Å². The highest BCUT2D eigenvalue weighted by Crippen LogP contribution is 2.22. The number of benzene rings is 1. The van der Waals surface area contributed by atoms with Crippen LogP contribution in [0, 0.1) is 6.92 Å². The SMILES string of the molecule is Cc1cccc(N)c1NCC1CN(C)CCN1C. The quantitative estimate of drug-likeness (QED) is 0.790. The van der Waals surface area contributed by atoms with Crippen LogP contribution >= 0.6 is 0 Å². The van der Waals surface area contributed by atoms with E-state index in [-0.39, 0.29) is 0 Å². The average Bonchev–Trinajstić information content (AvgIpc) is 2.33. The summed E-state index contributed by atoms with van der Waals surface area (Å²) in [5.74, 6) is 0. The number of aryl methyl sites for hydroxylation is 1. The first-order valence-electron chi connectivity index (χ1n) is 6.55. The summed E-state index contributed by atoms with van der Waals surface area (Å²) in [5, 5.41) is 3.51. The molecule has 100 valence electrons. The first-order valence-corrected chi connectivity index (χ1v) is 6.55. The second-order valence-corrected chi connectivity index (χ2v) is 5.32. The molecule has 0 amide bonds. The molecule has 4 nitrogen and oxygen atoms in total. The molecule has 1 aliphatic heterocycles. The first-order chi connectivity index (χ1) is 8.58. The van der Waals surface area contributed by atoms with Gasteiger partial charge in [-0.1, -0.05) is 12.1 Å². The third-order valence-electron chi connectivity index (χ3n) is 3.80. The van der Waals surface area contributed by atoms with Crippen molar-refractivity contribution < 1.29 is 0 Å². The standard InChI is InChI=1S/C14H24N4/c1-11-5-4-6-13(15)14(11)16-9-12-10-17(2)7-8-18(12)3/h4-6,12,16H,7-10,15H2,1-3H3. The molecule has 3 N–H and O–H groups in total. The third kappa shape index (κ3) is 2.94. The van der Waals surface area contributed by atoms with Gasteiger partial charge in [-0.2, -0.15) is 0 Å². The van der Waals surface area contributed by atoms with Crippen molar-refractivity contribution in [3.05, 3.63) is 23.8 Å². The van der Waals surface area contributed by atoms with Gasteiger partial charge < -0.3 is 16.0 Å². The van der Waals surface area contributed by atoms with Gasteiger partial charge in [0, 0.05) is 32.2 Å². The number of nitrogens with two attached hydrogens (primary N) is 1. The fraction of sp³-hybridized carbons (Fsp3) is 0.571. The first kappa shape index (κ1) is 13.2. The van der Waals surface area contributed by atoms with Crippen LogP contribution in [-0.4, -0.2) is 56.1 Å². The van der Waals surface area contributed by atoms with Gasteiger partial charge >= 0.3 is 0 Å². The molecule has 2 rings (SSSR count). The molecule has 1 unspecified atom stereocenters. The predicted molar refractivity (Wildman–Crippen MR) is 78.0 cm³/mol. The minimum Gasteiger partial charge on any atom is -0.397 e. The summed E-state index contributed by atoms with van der Waals surface area (Å²) in [6.45, 7) is 6.42. The maximum Gasteiger partial charge on any atom is 0.0604 e. The van der Waals surface area contributed by atoms with Crippen LogP contribution in [0.1, 0.15) is 5.56 Å². The fourth-order valence-corrected chi connectivity index (χ4v) is 2.47. The Bertz CT molecular complexity index is 385. The lowest BCUT2D eigenvalue weighted by atomic mass is 10.1. The molecule has 0 saturated carbocycles. The van der Waals surface area contributed by atoms with Crippen molar-refractivity contribution in [2.75, 3.05) is 51.3 Å². The molecule has 1 heterocycles. The Labute approximate surface area is 110 Å². The monoisotopic (exact) mass is 248 g/mol. The lowest BCUT2D eigenvalue weighted by Gasteiger charge is -2.38. The van der Waals surface area contributed by atoms with Gasteiger partial charge in [-0.25, -0.2) is 0 Å². The molecule has 1 atom stereocenters. The number of nitrogen functional groups attached to an aromatic ring is 1. The Morgan fingerprint density at radius 1 is 1.33 bits per heavy atom. The number of nitrogens with one attached hydrogen (secondary N) is 1. The van der Waals surface area contributed by atoms with E-state index in [2.05, 4.69) is 42.2 Å². The molecule has 1 fully saturated rings. The largest absolute Gasteiger partial charge is 0.397 e. The number of rotatable bonds is 3. The van der Waals surface area contributed by atoms with Gasteiger partial charge in [0.1, 0.15) is 0 Å². The van der Waals surface area contributed by atoms with E-state index in [0.29, 0.717) is 6.04 Å². The fourth-order valence-electron chi connectivity index (χ4n) is 2.47. The van der Waals surface area contributed by atoms with Crippen LogP contribution in [0.2, 0.25) is 0 Å². The molecule has 0 spiro atoms. The maximum atomic E-state index is 6.01. The Morgan fingerprint density at radius 3 is 2.83 bits per heavy atom. The second kappa shape index (κ2) is 5.59. The average molecular weight is 248 g/mol. The van der Waals surface area contributed by atoms with Crippen LogP contribution < -0.4 is 11.1 Å². The molecule has 18 heavy (non-hydrogen) atoms. The van der Waals surface area contributed by atoms with Gasteiger partial charge in [-0.3, -0.25) is 4.90 Å². The van der Waals surface area contributed by atoms with Crippen molar-refractivity contribution in [2.24, 2.45) is 0 Å². The van der Waals surface area contributed by atoms with Crippen molar-refractivity contribution in [2.45, 2.75) is 13.0 Å². The third-order valence-corrected chi connectivity index (χ3v) is 3.80. The Hall–Kier alpha value is -1.26. The highest BCUT2D eigenvalue weighted by Gasteiger charge is 2.21. The molecule has 0 bridgehead atoms. The minimum atomic E-state index is 0.544. The number of hydrogen-bond acceptors (Lipinski definition) is 4. The Kier molecular flexibility index (Phi) is 4.09. The minimum absolute atomic E-state index is 0.544. The van der Waals surface area contributed by atoms with E-state index in [9.17, 15) is 0 Å². The summed E-state index contributed by atoms with van der Waals surface area (Å²) in [4.78, 5) is 4.80. The molecular formula is C14H24N4. The van der Waals surface area contributed by atoms with Crippen molar-refractivity contribution in [1.29, 1.82) is 0 Å². The number of anilines is 2. The van der Waals surface area contributed by atoms with Crippen molar-refractivity contribution in [1.82, 2.24) is 9.80 Å². The van der Waals surface area contributed by atoms with Gasteiger partial charge in [-0.15, -0.1) is 0 Å². The highest BCUT2D eigenvalue weighted by molar-refractivity contribution is 5.69. The van der Waals surface area contributed by atoms with Crippen LogP contribution in [-0.2, 0) is 0 Å². The van der Waals surface area contributed by atoms with Gasteiger partial charge in [0.25, 0.3) is 0 Å². The lowest BCUT2D eigenvalue weighted by Crippen LogP contribution is -2.52. The van der Waals surface area contributed by atoms with E-state index in [1.54, 1.807) is 0 Å². The molecule has 1 aromatic carbocycles. The smallest absolute Gasteiger partial charge is 0.0604 e. The normalized spacial score (nSPS) is 22.1. The summed E-state index contributed by atoms with van der Waals surface area (Å²) >= 11 is 0. The zero-order valence-electron chi connectivity index (χ0n) is 11.6. The summed E-state index contributed by atoms with van der Waals surface area (Å²) in [6, 6.07) is 6.58. The van der Waals surface area contributed by atoms with E-state index in [4.69, 9.17) is 5.73 Å². The molecule has 1 aromatic rings. The van der Waals surface area contributed by atoms with Gasteiger partial charge in [-0.05, 0) is 32.6 Å². The van der Waals surface area contributed by atoms with E-state index in [1.165, 1.54) is 5.56 Å². The molecule has 1 aliphatic rings. The van der Waals surface area contributed by atoms with E-state index >= 15 is 0 Å². The number of hydrogen-bond donors (Lipinski definition) is 2. The van der Waals surface area contributed by atoms with Crippen LogP contribution in [0.25, 0.3) is 0 Å². The summed E-state index contributed by atoms with van der Waals surface area (Å²) in [6.07, 6.45) is 0. The van der Waals surface area contributed by atoms with Crippen LogP contribution in [0.4, 0.5) is 11.4 Å². The molecule has 0 radical (unpaired) electrons. The topological polar surface area (TPSA) is 44.5 Å². The molecule has 0 aliphatic carbocycles. The van der Waals surface area contributed by atoms with Crippen molar-refractivity contribution in [3.8, 4) is 0 Å². The zero-order valence-corrected chi connectivity index (χ0v) is 11.6. The van der Waals surface area contributed by atoms with Crippen LogP contribution in [0.3, 0.4) is 0 Å². The second-order valence-electron chi connectivity index (χ2n) is 5.32. The molecular weight excluding hydrogens is 224 g/mol. The summed E-state index contributed by atoms with van der Waals surface area (Å²) in [7, 11) is 4.38. The van der Waals surface area contributed by atoms with Gasteiger partial charge in [0.05, 0.1) is 11.4 Å². The number of nitrogens with zero attached hydrogens (tertiary/aromatic N) is 2. The summed E-state index contributed by atoms with van der Waals surface area (Å²) < 4.78 is 0. The van der Waals surface area contributed by atoms with Crippen molar-refractivity contribution in [3.63, 3.8) is 0 Å². The molecule has 4 heteroatoms. The predicted octanol–water partition coefficient (Wildman–Crippen LogP) is 1.23. The van der Waals surface area contributed by atoms with Gasteiger partial charge in [0.2, 0.25) is 0 Å². The Morgan fingerprint density at radius 2 is 2.11 bits per heavy atom. The maximum absolute atomic E-state index is 6.01. The van der Waals surface area contributed by atoms with E-state index in [0.717, 1.165) is 37.6 Å². The van der Waals surface area contributed by atoms with Gasteiger partial charge in [0.15, 0.2) is 0 Å². The Balaban J connectivity index is 1.98. The summed E-state index contributed by atoms with van der Waals surface area (Å²) in [5.41, 5.74) is 9.14. The number of piperazine rings is 1.